The second kappa shape index (κ2) is 32.1. The minimum absolute atomic E-state index is 0. The molecular formula is C37H43N3O9Y2-2. The van der Waals surface area contributed by atoms with E-state index in [1.54, 1.807) is 27.7 Å². The van der Waals surface area contributed by atoms with Gasteiger partial charge in [-0.25, -0.2) is 34.1 Å². The molecule has 3 aromatic carbocycles. The third-order valence-corrected chi connectivity index (χ3v) is 5.20. The summed E-state index contributed by atoms with van der Waals surface area (Å²) in [5, 5.41) is 15.7. The Hall–Kier alpha value is -3.85. The molecule has 2 radical (unpaired) electrons. The number of carbonyl (C=O) groups is 3. The first-order valence-electron chi connectivity index (χ1n) is 14.5. The van der Waals surface area contributed by atoms with Crippen molar-refractivity contribution in [2.24, 2.45) is 0 Å². The maximum atomic E-state index is 11.3. The van der Waals surface area contributed by atoms with Gasteiger partial charge >= 0.3 is 25.2 Å². The topological polar surface area (TPSA) is 142 Å². The van der Waals surface area contributed by atoms with Crippen molar-refractivity contribution in [3.63, 3.8) is 0 Å². The summed E-state index contributed by atoms with van der Waals surface area (Å²) in [4.78, 5) is 39.6. The van der Waals surface area contributed by atoms with E-state index in [-0.39, 0.29) is 85.2 Å². The van der Waals surface area contributed by atoms with Crippen molar-refractivity contribution >= 4 is 18.5 Å². The van der Waals surface area contributed by atoms with Gasteiger partial charge in [-0.05, 0) is 12.5 Å². The molecule has 0 aliphatic heterocycles. The fourth-order valence-corrected chi connectivity index (χ4v) is 2.43. The number of rotatable bonds is 7. The molecule has 0 heterocycles. The molecule has 0 unspecified atom stereocenters. The molecule has 0 saturated heterocycles. The van der Waals surface area contributed by atoms with Crippen molar-refractivity contribution in [2.75, 3.05) is 19.9 Å². The molecule has 268 valence electrons. The molecule has 51 heavy (non-hydrogen) atoms. The molecule has 0 fully saturated rings. The summed E-state index contributed by atoms with van der Waals surface area (Å²) in [7, 11) is 0. The first-order valence-corrected chi connectivity index (χ1v) is 14.5. The van der Waals surface area contributed by atoms with Gasteiger partial charge in [0.1, 0.15) is 6.61 Å². The molecule has 0 aliphatic carbocycles. The fraction of sp³-hybridized carbons (Fsp3) is 0.351. The molecule has 0 atom stereocenters. The molecule has 0 bridgehead atoms. The van der Waals surface area contributed by atoms with E-state index in [1.165, 1.54) is 11.1 Å². The van der Waals surface area contributed by atoms with Crippen LogP contribution in [0.15, 0.2) is 72.8 Å². The van der Waals surface area contributed by atoms with Crippen LogP contribution in [0.5, 0.6) is 0 Å². The SMILES string of the molecule is Cc1cc[c-]cc1.Cc1cc[c-]cc1.[C-]#[N+]C(C)(C)COC(=O)O.[C-]#[N+]C(C)(C)COC(=O)OCc1ccc(C)cc1.[C-]#[N+]COC(=O)O.[Y].[Y]. The number of ether oxygens (including phenoxy) is 4. The number of hydrogen-bond acceptors (Lipinski definition) is 7. The zero-order chi connectivity index (χ0) is 37.7. The quantitative estimate of drug-likeness (QED) is 0.136. The van der Waals surface area contributed by atoms with Crippen LogP contribution in [0.4, 0.5) is 14.4 Å². The maximum absolute atomic E-state index is 11.3. The maximum Gasteiger partial charge on any atom is 0.511 e. The summed E-state index contributed by atoms with van der Waals surface area (Å²) in [5.41, 5.74) is 3.20. The number of carbonyl (C=O) groups excluding carboxylic acids is 1. The average molecular weight is 852 g/mol. The van der Waals surface area contributed by atoms with E-state index in [4.69, 9.17) is 39.4 Å². The summed E-state index contributed by atoms with van der Waals surface area (Å²) < 4.78 is 17.8. The van der Waals surface area contributed by atoms with Crippen LogP contribution >= 0.6 is 0 Å². The zero-order valence-corrected chi connectivity index (χ0v) is 35.7. The molecule has 0 amide bonds. The Morgan fingerprint density at radius 2 is 1.00 bits per heavy atom. The Balaban J connectivity index is -0.000000287. The van der Waals surface area contributed by atoms with E-state index in [2.05, 4.69) is 50.0 Å². The molecule has 0 aliphatic rings. The molecular weight excluding hydrogens is 808 g/mol. The molecule has 3 aromatic rings. The zero-order valence-electron chi connectivity index (χ0n) is 30.0. The first kappa shape index (κ1) is 53.9. The van der Waals surface area contributed by atoms with Crippen LogP contribution in [0.1, 0.15) is 49.9 Å². The van der Waals surface area contributed by atoms with E-state index in [9.17, 15) is 14.4 Å². The minimum atomic E-state index is -1.41. The van der Waals surface area contributed by atoms with Gasteiger partial charge in [0.15, 0.2) is 13.2 Å². The number of nitrogens with zero attached hydrogens (tertiary/aromatic N) is 3. The smallest absolute Gasteiger partial charge is 0.450 e. The van der Waals surface area contributed by atoms with Crippen LogP contribution in [0, 0.1) is 52.6 Å². The van der Waals surface area contributed by atoms with Gasteiger partial charge in [-0.3, -0.25) is 4.85 Å². The first-order chi connectivity index (χ1) is 23.0. The summed E-state index contributed by atoms with van der Waals surface area (Å²) in [6.07, 6.45) is -3.49. The molecule has 0 saturated carbocycles. The number of carboxylic acid groups (broad SMARTS) is 2. The van der Waals surface area contributed by atoms with E-state index >= 15 is 0 Å². The molecule has 12 nitrogen and oxygen atoms in total. The van der Waals surface area contributed by atoms with E-state index in [0.29, 0.717) is 0 Å². The standard InChI is InChI=1S/C14H17NO3.2C7H7.C6H9NO3.C3H3NO3.2Y/c1-11-5-7-12(8-6-11)9-17-13(16)18-10-14(2,3)15-4;2*1-7-5-3-2-4-6-7;1-6(2,7-3)4-10-5(8)9;1-4-2-7-3(5)6;;/h5-8H,9-10H2,1-3H3;2*3-6H,1H3;4H2,1-2H3,(H,8,9);2H2,(H,5,6);;/q;2*-1;;;;. The van der Waals surface area contributed by atoms with Gasteiger partial charge in [-0.2, -0.15) is 71.8 Å². The predicted molar refractivity (Wildman–Crippen MR) is 183 cm³/mol. The van der Waals surface area contributed by atoms with Crippen LogP contribution in [0.25, 0.3) is 14.5 Å². The second-order valence-corrected chi connectivity index (χ2v) is 11.1. The monoisotopic (exact) mass is 851 g/mol. The Morgan fingerprint density at radius 1 is 0.627 bits per heavy atom. The van der Waals surface area contributed by atoms with Crippen molar-refractivity contribution in [2.45, 2.75) is 66.2 Å². The number of aryl methyl sites for hydroxylation is 3. The summed E-state index contributed by atoms with van der Waals surface area (Å²) >= 11 is 0. The van der Waals surface area contributed by atoms with Gasteiger partial charge in [0, 0.05) is 93.1 Å². The summed E-state index contributed by atoms with van der Waals surface area (Å²) in [6.45, 7) is 32.0. The van der Waals surface area contributed by atoms with Crippen molar-refractivity contribution in [1.82, 2.24) is 0 Å². The van der Waals surface area contributed by atoms with Crippen LogP contribution in [0.3, 0.4) is 0 Å². The van der Waals surface area contributed by atoms with Crippen LogP contribution in [-0.4, -0.2) is 59.7 Å². The third kappa shape index (κ3) is 37.2. The molecule has 14 heteroatoms. The third-order valence-electron chi connectivity index (χ3n) is 5.20. The number of benzene rings is 3. The molecule has 0 spiro atoms. The van der Waals surface area contributed by atoms with Gasteiger partial charge in [0.05, 0.1) is 0 Å². The van der Waals surface area contributed by atoms with Crippen molar-refractivity contribution in [1.29, 1.82) is 0 Å². The summed E-state index contributed by atoms with van der Waals surface area (Å²) in [6, 6.07) is 29.3. The predicted octanol–water partition coefficient (Wildman–Crippen LogP) is 8.87. The largest absolute Gasteiger partial charge is 0.511 e. The van der Waals surface area contributed by atoms with E-state index in [0.717, 1.165) is 11.1 Å². The minimum Gasteiger partial charge on any atom is -0.450 e. The molecule has 0 aromatic heterocycles. The van der Waals surface area contributed by atoms with Gasteiger partial charge < -0.3 is 38.9 Å². The molecule has 3 rings (SSSR count). The van der Waals surface area contributed by atoms with Gasteiger partial charge in [0.25, 0.3) is 11.1 Å². The van der Waals surface area contributed by atoms with Crippen molar-refractivity contribution in [3.05, 3.63) is 141 Å². The van der Waals surface area contributed by atoms with Gasteiger partial charge in [-0.1, -0.05) is 43.7 Å². The van der Waals surface area contributed by atoms with E-state index < -0.39 is 36.3 Å². The summed E-state index contributed by atoms with van der Waals surface area (Å²) in [5.74, 6) is 0. The van der Waals surface area contributed by atoms with Crippen molar-refractivity contribution in [3.8, 4) is 0 Å². The number of hydrogen-bond donors (Lipinski definition) is 2. The van der Waals surface area contributed by atoms with Gasteiger partial charge in [0.2, 0.25) is 0 Å². The normalized spacial score (nSPS) is 9.02. The van der Waals surface area contributed by atoms with Gasteiger partial charge in [-0.15, -0.1) is 0 Å². The van der Waals surface area contributed by atoms with Crippen LogP contribution < -0.4 is 0 Å². The fourth-order valence-electron chi connectivity index (χ4n) is 2.43. The Bertz CT molecular complexity index is 1460. The Morgan fingerprint density at radius 3 is 1.29 bits per heavy atom. The van der Waals surface area contributed by atoms with E-state index in [1.807, 2.05) is 79.7 Å². The Kier molecular flexibility index (Phi) is 33.9. The van der Waals surface area contributed by atoms with Crippen molar-refractivity contribution < 1.29 is 109 Å². The molecule has 2 N–H and O–H groups in total. The van der Waals surface area contributed by atoms with Crippen LogP contribution in [0.2, 0.25) is 0 Å². The van der Waals surface area contributed by atoms with Crippen LogP contribution in [-0.2, 0) is 91.0 Å². The Labute approximate surface area is 352 Å². The second-order valence-electron chi connectivity index (χ2n) is 11.1. The average Bonchev–Trinajstić information content (AvgIpc) is 3.07.